The Morgan fingerprint density at radius 2 is 1.32 bits per heavy atom. The maximum absolute atomic E-state index is 2.52. The van der Waals surface area contributed by atoms with E-state index in [0.717, 1.165) is 17.8 Å². The summed E-state index contributed by atoms with van der Waals surface area (Å²) in [5, 5.41) is 0. The van der Waals surface area contributed by atoms with Gasteiger partial charge in [-0.3, -0.25) is 0 Å². The van der Waals surface area contributed by atoms with Crippen molar-refractivity contribution in [3.63, 3.8) is 0 Å². The maximum Gasteiger partial charge on any atom is -0.0162 e. The van der Waals surface area contributed by atoms with Gasteiger partial charge in [0.25, 0.3) is 0 Å². The van der Waals surface area contributed by atoms with E-state index < -0.39 is 0 Å². The number of aryl methyl sites for hydroxylation is 1. The zero-order valence-electron chi connectivity index (χ0n) is 21.3. The van der Waals surface area contributed by atoms with Crippen molar-refractivity contribution in [2.45, 2.75) is 142 Å². The lowest BCUT2D eigenvalue weighted by molar-refractivity contribution is 0.182. The normalized spacial score (nSPS) is 29.2. The predicted octanol–water partition coefficient (Wildman–Crippen LogP) is 10.3. The number of hydrogen-bond acceptors (Lipinski definition) is 0. The Hall–Kier alpha value is -0.780. The summed E-state index contributed by atoms with van der Waals surface area (Å²) in [6, 6.07) is 9.85. The zero-order chi connectivity index (χ0) is 21.9. The predicted molar refractivity (Wildman–Crippen MR) is 138 cm³/mol. The van der Waals surface area contributed by atoms with Gasteiger partial charge in [0, 0.05) is 0 Å². The van der Waals surface area contributed by atoms with E-state index in [9.17, 15) is 0 Å². The van der Waals surface area contributed by atoms with Crippen molar-refractivity contribution < 1.29 is 0 Å². The molecule has 2 fully saturated rings. The Balaban J connectivity index is 1.32. The highest BCUT2D eigenvalue weighted by atomic mass is 14.4. The molecule has 0 spiro atoms. The molecule has 0 aliphatic heterocycles. The first-order chi connectivity index (χ1) is 15.1. The van der Waals surface area contributed by atoms with Crippen molar-refractivity contribution in [1.29, 1.82) is 0 Å². The summed E-state index contributed by atoms with van der Waals surface area (Å²) in [6.45, 7) is 7.18. The molecule has 2 aliphatic rings. The van der Waals surface area contributed by atoms with E-state index >= 15 is 0 Å². The molecule has 31 heavy (non-hydrogen) atoms. The standard InChI is InChI=1S/C31H52/c1-4-6-7-8-9-10-26-11-13-27(14-12-26)15-16-28-17-19-29(20-18-28)30-21-24-31(3,23-5-2)25-22-30/h17-20,26-27,30H,4-16,21-25H2,1-3H3/t26-,27-,30?,31?. The Morgan fingerprint density at radius 1 is 0.710 bits per heavy atom. The van der Waals surface area contributed by atoms with Gasteiger partial charge in [0.2, 0.25) is 0 Å². The lowest BCUT2D eigenvalue weighted by atomic mass is 9.68. The van der Waals surface area contributed by atoms with Gasteiger partial charge in [0.05, 0.1) is 0 Å². The smallest absolute Gasteiger partial charge is 0.0162 e. The van der Waals surface area contributed by atoms with Crippen LogP contribution >= 0.6 is 0 Å². The fourth-order valence-corrected chi connectivity index (χ4v) is 6.67. The molecule has 1 aromatic rings. The monoisotopic (exact) mass is 424 g/mol. The molecule has 176 valence electrons. The Morgan fingerprint density at radius 3 is 1.94 bits per heavy atom. The molecule has 0 heterocycles. The Kier molecular flexibility index (Phi) is 10.5. The van der Waals surface area contributed by atoms with Crippen LogP contribution in [0.25, 0.3) is 0 Å². The molecule has 2 aliphatic carbocycles. The molecule has 0 nitrogen and oxygen atoms in total. The van der Waals surface area contributed by atoms with E-state index in [1.807, 2.05) is 0 Å². The van der Waals surface area contributed by atoms with Crippen LogP contribution in [0.2, 0.25) is 0 Å². The molecule has 0 saturated heterocycles. The topological polar surface area (TPSA) is 0 Å². The van der Waals surface area contributed by atoms with Gasteiger partial charge in [-0.25, -0.2) is 0 Å². The molecular weight excluding hydrogens is 372 g/mol. The molecule has 0 atom stereocenters. The van der Waals surface area contributed by atoms with Crippen molar-refractivity contribution in [2.24, 2.45) is 17.3 Å². The summed E-state index contributed by atoms with van der Waals surface area (Å²) >= 11 is 0. The number of benzene rings is 1. The van der Waals surface area contributed by atoms with Gasteiger partial charge in [-0.05, 0) is 79.2 Å². The molecule has 2 saturated carbocycles. The van der Waals surface area contributed by atoms with Crippen LogP contribution in [-0.4, -0.2) is 0 Å². The van der Waals surface area contributed by atoms with Crippen LogP contribution in [0.1, 0.15) is 147 Å². The van der Waals surface area contributed by atoms with Gasteiger partial charge in [0.1, 0.15) is 0 Å². The highest BCUT2D eigenvalue weighted by molar-refractivity contribution is 5.26. The maximum atomic E-state index is 2.52. The average molecular weight is 425 g/mol. The Bertz CT molecular complexity index is 581. The molecule has 0 heteroatoms. The molecule has 3 rings (SSSR count). The summed E-state index contributed by atoms with van der Waals surface area (Å²) in [7, 11) is 0. The van der Waals surface area contributed by atoms with E-state index in [2.05, 4.69) is 45.0 Å². The minimum absolute atomic E-state index is 0.624. The summed E-state index contributed by atoms with van der Waals surface area (Å²) in [5.74, 6) is 2.86. The minimum Gasteiger partial charge on any atom is -0.0654 e. The van der Waals surface area contributed by atoms with Gasteiger partial charge in [0.15, 0.2) is 0 Å². The first-order valence-corrected chi connectivity index (χ1v) is 14.2. The first-order valence-electron chi connectivity index (χ1n) is 14.2. The highest BCUT2D eigenvalue weighted by Crippen LogP contribution is 2.45. The second-order valence-electron chi connectivity index (χ2n) is 11.7. The first kappa shape index (κ1) is 24.9. The van der Waals surface area contributed by atoms with Crippen molar-refractivity contribution in [3.8, 4) is 0 Å². The second-order valence-corrected chi connectivity index (χ2v) is 11.7. The lowest BCUT2D eigenvalue weighted by Gasteiger charge is -2.37. The molecule has 1 aromatic carbocycles. The molecule has 0 radical (unpaired) electrons. The number of hydrogen-bond donors (Lipinski definition) is 0. The summed E-state index contributed by atoms with van der Waals surface area (Å²) in [6.07, 6.45) is 25.9. The number of rotatable bonds is 12. The summed E-state index contributed by atoms with van der Waals surface area (Å²) < 4.78 is 0. The minimum atomic E-state index is 0.624. The lowest BCUT2D eigenvalue weighted by Crippen LogP contribution is -2.23. The quantitative estimate of drug-likeness (QED) is 0.293. The molecule has 0 N–H and O–H groups in total. The van der Waals surface area contributed by atoms with Crippen LogP contribution < -0.4 is 0 Å². The fraction of sp³-hybridized carbons (Fsp3) is 0.806. The van der Waals surface area contributed by atoms with E-state index in [0.29, 0.717) is 5.41 Å². The van der Waals surface area contributed by atoms with Gasteiger partial charge in [-0.2, -0.15) is 0 Å². The van der Waals surface area contributed by atoms with E-state index in [1.54, 1.807) is 11.1 Å². The van der Waals surface area contributed by atoms with E-state index in [1.165, 1.54) is 116 Å². The molecule has 0 bridgehead atoms. The second kappa shape index (κ2) is 13.1. The van der Waals surface area contributed by atoms with Gasteiger partial charge >= 0.3 is 0 Å². The van der Waals surface area contributed by atoms with E-state index in [-0.39, 0.29) is 0 Å². The van der Waals surface area contributed by atoms with Crippen molar-refractivity contribution >= 4 is 0 Å². The zero-order valence-corrected chi connectivity index (χ0v) is 21.3. The molecular formula is C31H52. The van der Waals surface area contributed by atoms with Gasteiger partial charge in [-0.1, -0.05) is 116 Å². The van der Waals surface area contributed by atoms with Crippen LogP contribution in [-0.2, 0) is 6.42 Å². The molecule has 0 aromatic heterocycles. The third-order valence-corrected chi connectivity index (χ3v) is 9.02. The van der Waals surface area contributed by atoms with E-state index in [4.69, 9.17) is 0 Å². The number of unbranched alkanes of at least 4 members (excludes halogenated alkanes) is 4. The molecule has 0 amide bonds. The highest BCUT2D eigenvalue weighted by Gasteiger charge is 2.30. The summed E-state index contributed by atoms with van der Waals surface area (Å²) in [4.78, 5) is 0. The fourth-order valence-electron chi connectivity index (χ4n) is 6.67. The van der Waals surface area contributed by atoms with Gasteiger partial charge < -0.3 is 0 Å². The summed E-state index contributed by atoms with van der Waals surface area (Å²) in [5.41, 5.74) is 3.81. The third-order valence-electron chi connectivity index (χ3n) is 9.02. The van der Waals surface area contributed by atoms with Crippen molar-refractivity contribution in [3.05, 3.63) is 35.4 Å². The van der Waals surface area contributed by atoms with Crippen LogP contribution in [0.3, 0.4) is 0 Å². The van der Waals surface area contributed by atoms with Crippen molar-refractivity contribution in [1.82, 2.24) is 0 Å². The van der Waals surface area contributed by atoms with Crippen LogP contribution in [0.15, 0.2) is 24.3 Å². The average Bonchev–Trinajstić information content (AvgIpc) is 2.79. The Labute approximate surface area is 195 Å². The van der Waals surface area contributed by atoms with Gasteiger partial charge in [-0.15, -0.1) is 0 Å². The van der Waals surface area contributed by atoms with Crippen LogP contribution in [0.4, 0.5) is 0 Å². The third kappa shape index (κ3) is 8.25. The van der Waals surface area contributed by atoms with Crippen molar-refractivity contribution in [2.75, 3.05) is 0 Å². The van der Waals surface area contributed by atoms with Crippen LogP contribution in [0.5, 0.6) is 0 Å². The molecule has 0 unspecified atom stereocenters. The SMILES string of the molecule is CCCCCCC[C@H]1CC[C@H](CCc2ccc(C3CCC(C)(CCC)CC3)cc2)CC1. The largest absolute Gasteiger partial charge is 0.0654 e. The van der Waals surface area contributed by atoms with Crippen LogP contribution in [0, 0.1) is 17.3 Å².